The summed E-state index contributed by atoms with van der Waals surface area (Å²) in [6, 6.07) is 8.66. The summed E-state index contributed by atoms with van der Waals surface area (Å²) in [7, 11) is 0. The van der Waals surface area contributed by atoms with Crippen LogP contribution in [0.3, 0.4) is 0 Å². The quantitative estimate of drug-likeness (QED) is 0.714. The zero-order chi connectivity index (χ0) is 14.5. The number of nitrogens with one attached hydrogen (secondary N) is 1. The van der Waals surface area contributed by atoms with E-state index in [9.17, 15) is 15.0 Å². The molecule has 1 aliphatic rings. The summed E-state index contributed by atoms with van der Waals surface area (Å²) in [6.45, 7) is 1.28. The van der Waals surface area contributed by atoms with Gasteiger partial charge in [-0.3, -0.25) is 9.69 Å². The third-order valence-corrected chi connectivity index (χ3v) is 3.29. The number of amides is 1. The molecule has 3 N–H and O–H groups in total. The SMILES string of the molecule is N#Cc1ccc(NC(=O)CCN2CC(O)C(O)C2)cc1. The van der Waals surface area contributed by atoms with Crippen molar-refractivity contribution in [1.29, 1.82) is 5.26 Å². The molecule has 20 heavy (non-hydrogen) atoms. The highest BCUT2D eigenvalue weighted by Gasteiger charge is 2.29. The van der Waals surface area contributed by atoms with Crippen LogP contribution in [-0.2, 0) is 4.79 Å². The predicted octanol–water partition coefficient (Wildman–Crippen LogP) is -0.0757. The number of β-amino-alcohol motifs (C(OH)–C–C–N with tert-alkyl or cyclic N) is 2. The highest BCUT2D eigenvalue weighted by molar-refractivity contribution is 5.90. The first-order valence-corrected chi connectivity index (χ1v) is 6.47. The van der Waals surface area contributed by atoms with Crippen molar-refractivity contribution in [3.8, 4) is 6.07 Å². The van der Waals surface area contributed by atoms with Crippen LogP contribution in [0.4, 0.5) is 5.69 Å². The van der Waals surface area contributed by atoms with Crippen LogP contribution in [0.25, 0.3) is 0 Å². The molecule has 1 saturated heterocycles. The summed E-state index contributed by atoms with van der Waals surface area (Å²) in [4.78, 5) is 13.6. The molecule has 2 rings (SSSR count). The van der Waals surface area contributed by atoms with Gasteiger partial charge in [0.05, 0.1) is 23.8 Å². The smallest absolute Gasteiger partial charge is 0.225 e. The van der Waals surface area contributed by atoms with Crippen LogP contribution in [0.15, 0.2) is 24.3 Å². The number of rotatable bonds is 4. The zero-order valence-electron chi connectivity index (χ0n) is 11.0. The second kappa shape index (κ2) is 6.48. The van der Waals surface area contributed by atoms with Crippen molar-refractivity contribution in [3.05, 3.63) is 29.8 Å². The van der Waals surface area contributed by atoms with Crippen LogP contribution in [0.1, 0.15) is 12.0 Å². The van der Waals surface area contributed by atoms with Crippen LogP contribution < -0.4 is 5.32 Å². The van der Waals surface area contributed by atoms with E-state index in [0.717, 1.165) is 0 Å². The summed E-state index contributed by atoms with van der Waals surface area (Å²) in [5, 5.41) is 30.2. The van der Waals surface area contributed by atoms with Gasteiger partial charge in [-0.05, 0) is 24.3 Å². The second-order valence-electron chi connectivity index (χ2n) is 4.88. The maximum Gasteiger partial charge on any atom is 0.225 e. The van der Waals surface area contributed by atoms with E-state index in [-0.39, 0.29) is 5.91 Å². The largest absolute Gasteiger partial charge is 0.389 e. The third-order valence-electron chi connectivity index (χ3n) is 3.29. The number of aliphatic hydroxyl groups excluding tert-OH is 2. The van der Waals surface area contributed by atoms with Gasteiger partial charge in [0.2, 0.25) is 5.91 Å². The van der Waals surface area contributed by atoms with Crippen LogP contribution in [-0.4, -0.2) is 52.9 Å². The fourth-order valence-electron chi connectivity index (χ4n) is 2.14. The normalized spacial score (nSPS) is 22.4. The van der Waals surface area contributed by atoms with Crippen molar-refractivity contribution in [1.82, 2.24) is 4.90 Å². The van der Waals surface area contributed by atoms with Crippen molar-refractivity contribution in [3.63, 3.8) is 0 Å². The van der Waals surface area contributed by atoms with Crippen molar-refractivity contribution in [2.45, 2.75) is 18.6 Å². The zero-order valence-corrected chi connectivity index (χ0v) is 11.0. The number of carbonyl (C=O) groups excluding carboxylic acids is 1. The van der Waals surface area contributed by atoms with Crippen molar-refractivity contribution in [2.24, 2.45) is 0 Å². The van der Waals surface area contributed by atoms with E-state index in [4.69, 9.17) is 5.26 Å². The van der Waals surface area contributed by atoms with E-state index in [0.29, 0.717) is 37.3 Å². The predicted molar refractivity (Wildman–Crippen MR) is 72.9 cm³/mol. The molecule has 0 aromatic heterocycles. The van der Waals surface area contributed by atoms with Gasteiger partial charge in [-0.25, -0.2) is 0 Å². The Labute approximate surface area is 117 Å². The molecule has 6 nitrogen and oxygen atoms in total. The molecule has 106 valence electrons. The lowest BCUT2D eigenvalue weighted by atomic mass is 10.2. The standard InChI is InChI=1S/C14H17N3O3/c15-7-10-1-3-11(4-2-10)16-14(20)5-6-17-8-12(18)13(19)9-17/h1-4,12-13,18-19H,5-6,8-9H2,(H,16,20). The van der Waals surface area contributed by atoms with Gasteiger partial charge in [0, 0.05) is 31.7 Å². The number of benzene rings is 1. The molecule has 1 heterocycles. The number of anilines is 1. The minimum absolute atomic E-state index is 0.134. The minimum atomic E-state index is -0.725. The fraction of sp³-hybridized carbons (Fsp3) is 0.429. The lowest BCUT2D eigenvalue weighted by Crippen LogP contribution is -2.26. The summed E-state index contributed by atoms with van der Waals surface area (Å²) in [6.07, 6.45) is -1.16. The van der Waals surface area contributed by atoms with Crippen molar-refractivity contribution in [2.75, 3.05) is 25.0 Å². The molecule has 2 atom stereocenters. The Kier molecular flexibility index (Phi) is 4.69. The molecule has 1 amide bonds. The van der Waals surface area contributed by atoms with Gasteiger partial charge in [0.15, 0.2) is 0 Å². The summed E-state index contributed by atoms with van der Waals surface area (Å²) < 4.78 is 0. The Morgan fingerprint density at radius 3 is 2.45 bits per heavy atom. The van der Waals surface area contributed by atoms with Gasteiger partial charge in [-0.2, -0.15) is 5.26 Å². The van der Waals surface area contributed by atoms with Crippen LogP contribution in [0.5, 0.6) is 0 Å². The molecular weight excluding hydrogens is 258 g/mol. The van der Waals surface area contributed by atoms with Crippen molar-refractivity contribution < 1.29 is 15.0 Å². The molecule has 0 spiro atoms. The van der Waals surface area contributed by atoms with E-state index in [1.54, 1.807) is 24.3 Å². The monoisotopic (exact) mass is 275 g/mol. The lowest BCUT2D eigenvalue weighted by Gasteiger charge is -2.14. The Morgan fingerprint density at radius 1 is 1.30 bits per heavy atom. The molecule has 1 aromatic carbocycles. The Morgan fingerprint density at radius 2 is 1.90 bits per heavy atom. The first-order chi connectivity index (χ1) is 9.58. The number of hydrogen-bond donors (Lipinski definition) is 3. The highest BCUT2D eigenvalue weighted by atomic mass is 16.3. The topological polar surface area (TPSA) is 96.6 Å². The highest BCUT2D eigenvalue weighted by Crippen LogP contribution is 2.12. The van der Waals surface area contributed by atoms with E-state index in [1.165, 1.54) is 0 Å². The first kappa shape index (κ1) is 14.5. The summed E-state index contributed by atoms with van der Waals surface area (Å²) in [5.74, 6) is -0.134. The Bertz CT molecular complexity index is 499. The molecule has 0 radical (unpaired) electrons. The molecule has 6 heteroatoms. The van der Waals surface area contributed by atoms with E-state index in [2.05, 4.69) is 5.32 Å². The van der Waals surface area contributed by atoms with Crippen LogP contribution in [0, 0.1) is 11.3 Å². The minimum Gasteiger partial charge on any atom is -0.389 e. The van der Waals surface area contributed by atoms with Crippen LogP contribution >= 0.6 is 0 Å². The van der Waals surface area contributed by atoms with E-state index >= 15 is 0 Å². The van der Waals surface area contributed by atoms with Gasteiger partial charge in [-0.1, -0.05) is 0 Å². The van der Waals surface area contributed by atoms with Gasteiger partial charge in [-0.15, -0.1) is 0 Å². The van der Waals surface area contributed by atoms with Gasteiger partial charge >= 0.3 is 0 Å². The number of likely N-dealkylation sites (tertiary alicyclic amines) is 1. The summed E-state index contributed by atoms with van der Waals surface area (Å²) in [5.41, 5.74) is 1.19. The van der Waals surface area contributed by atoms with Gasteiger partial charge in [0.25, 0.3) is 0 Å². The van der Waals surface area contributed by atoms with E-state index in [1.807, 2.05) is 11.0 Å². The molecule has 0 bridgehead atoms. The van der Waals surface area contributed by atoms with E-state index < -0.39 is 12.2 Å². The second-order valence-corrected chi connectivity index (χ2v) is 4.88. The van der Waals surface area contributed by atoms with Gasteiger partial charge in [0.1, 0.15) is 0 Å². The maximum atomic E-state index is 11.8. The number of hydrogen-bond acceptors (Lipinski definition) is 5. The third kappa shape index (κ3) is 3.78. The molecule has 1 aliphatic heterocycles. The average molecular weight is 275 g/mol. The van der Waals surface area contributed by atoms with Crippen molar-refractivity contribution >= 4 is 11.6 Å². The lowest BCUT2D eigenvalue weighted by molar-refractivity contribution is -0.116. The molecule has 0 aliphatic carbocycles. The van der Waals surface area contributed by atoms with Gasteiger partial charge < -0.3 is 15.5 Å². The fourth-order valence-corrected chi connectivity index (χ4v) is 2.14. The molecule has 0 saturated carbocycles. The number of nitrogens with zero attached hydrogens (tertiary/aromatic N) is 2. The van der Waals surface area contributed by atoms with Crippen LogP contribution in [0.2, 0.25) is 0 Å². The summed E-state index contributed by atoms with van der Waals surface area (Å²) >= 11 is 0. The Balaban J connectivity index is 1.76. The Hall–Kier alpha value is -1.94. The number of aliphatic hydroxyl groups is 2. The molecular formula is C14H17N3O3. The first-order valence-electron chi connectivity index (χ1n) is 6.47. The maximum absolute atomic E-state index is 11.8. The molecule has 2 unspecified atom stereocenters. The molecule has 1 fully saturated rings. The number of carbonyl (C=O) groups is 1. The number of nitriles is 1. The molecule has 1 aromatic rings. The average Bonchev–Trinajstić information content (AvgIpc) is 2.76.